The van der Waals surface area contributed by atoms with E-state index in [4.69, 9.17) is 4.42 Å². The molecular formula is C14H9BrN2O2. The number of benzene rings is 1. The van der Waals surface area contributed by atoms with Crippen LogP contribution in [-0.2, 0) is 0 Å². The van der Waals surface area contributed by atoms with E-state index in [-0.39, 0.29) is 11.5 Å². The first-order valence-corrected chi connectivity index (χ1v) is 6.43. The molecule has 0 amide bonds. The first-order valence-electron chi connectivity index (χ1n) is 5.63. The Balaban J connectivity index is 1.94. The summed E-state index contributed by atoms with van der Waals surface area (Å²) in [6.45, 7) is 0. The van der Waals surface area contributed by atoms with E-state index in [1.165, 1.54) is 12.5 Å². The highest BCUT2D eigenvalue weighted by atomic mass is 79.9. The smallest absolute Gasteiger partial charge is 0.232 e. The van der Waals surface area contributed by atoms with Crippen molar-refractivity contribution >= 4 is 21.7 Å². The van der Waals surface area contributed by atoms with Crippen LogP contribution in [0.15, 0.2) is 63.9 Å². The van der Waals surface area contributed by atoms with E-state index >= 15 is 0 Å². The molecule has 0 saturated carbocycles. The molecule has 0 bridgehead atoms. The van der Waals surface area contributed by atoms with Crippen molar-refractivity contribution in [3.8, 4) is 5.69 Å². The van der Waals surface area contributed by atoms with Crippen molar-refractivity contribution in [1.29, 1.82) is 0 Å². The summed E-state index contributed by atoms with van der Waals surface area (Å²) < 4.78 is 7.46. The van der Waals surface area contributed by atoms with Gasteiger partial charge in [0, 0.05) is 6.20 Å². The minimum Gasteiger partial charge on any atom is -0.460 e. The van der Waals surface area contributed by atoms with Gasteiger partial charge >= 0.3 is 0 Å². The molecule has 19 heavy (non-hydrogen) atoms. The number of ketones is 1. The fourth-order valence-corrected chi connectivity index (χ4v) is 2.13. The predicted molar refractivity (Wildman–Crippen MR) is 73.4 cm³/mol. The molecule has 0 fully saturated rings. The predicted octanol–water partition coefficient (Wildman–Crippen LogP) is 3.46. The molecule has 0 radical (unpaired) electrons. The lowest BCUT2D eigenvalue weighted by atomic mass is 10.2. The molecule has 2 aromatic heterocycles. The molecule has 0 aliphatic rings. The summed E-state index contributed by atoms with van der Waals surface area (Å²) in [5.41, 5.74) is 1.39. The number of hydrogen-bond donors (Lipinski definition) is 0. The second-order valence-electron chi connectivity index (χ2n) is 3.94. The molecule has 3 rings (SSSR count). The second kappa shape index (κ2) is 4.85. The van der Waals surface area contributed by atoms with Crippen molar-refractivity contribution in [3.63, 3.8) is 0 Å². The minimum absolute atomic E-state index is 0.195. The van der Waals surface area contributed by atoms with E-state index in [9.17, 15) is 4.79 Å². The Hall–Kier alpha value is -2.14. The number of nitrogens with zero attached hydrogens (tertiary/aromatic N) is 2. The van der Waals surface area contributed by atoms with Gasteiger partial charge in [-0.25, -0.2) is 4.68 Å². The molecule has 0 aliphatic heterocycles. The molecule has 0 unspecified atom stereocenters. The van der Waals surface area contributed by atoms with Gasteiger partial charge in [0.2, 0.25) is 5.78 Å². The fraction of sp³-hybridized carbons (Fsp3) is 0. The summed E-state index contributed by atoms with van der Waals surface area (Å²) in [6.07, 6.45) is 4.69. The highest BCUT2D eigenvalue weighted by molar-refractivity contribution is 9.10. The molecule has 94 valence electrons. The minimum atomic E-state index is -0.195. The Bertz CT molecular complexity index is 716. The number of hydrogen-bond acceptors (Lipinski definition) is 3. The van der Waals surface area contributed by atoms with Crippen LogP contribution in [0.25, 0.3) is 5.69 Å². The van der Waals surface area contributed by atoms with E-state index < -0.39 is 0 Å². The third-order valence-corrected chi connectivity index (χ3v) is 3.31. The number of halogens is 1. The Morgan fingerprint density at radius 2 is 2.00 bits per heavy atom. The quantitative estimate of drug-likeness (QED) is 0.695. The summed E-state index contributed by atoms with van der Waals surface area (Å²) >= 11 is 3.27. The van der Waals surface area contributed by atoms with Crippen LogP contribution in [0.1, 0.15) is 16.1 Å². The lowest BCUT2D eigenvalue weighted by Gasteiger charge is -1.98. The third-order valence-electron chi connectivity index (χ3n) is 2.69. The SMILES string of the molecule is O=C(c1cnn(-c2ccccc2)c1)c1occc1Br. The Morgan fingerprint density at radius 3 is 2.68 bits per heavy atom. The van der Waals surface area contributed by atoms with E-state index in [0.29, 0.717) is 10.0 Å². The van der Waals surface area contributed by atoms with Gasteiger partial charge < -0.3 is 4.42 Å². The van der Waals surface area contributed by atoms with Crippen LogP contribution in [0.4, 0.5) is 0 Å². The molecule has 0 saturated heterocycles. The van der Waals surface area contributed by atoms with E-state index in [1.54, 1.807) is 16.9 Å². The largest absolute Gasteiger partial charge is 0.460 e. The molecule has 3 aromatic rings. The lowest BCUT2D eigenvalue weighted by Crippen LogP contribution is -1.99. The van der Waals surface area contributed by atoms with Crippen LogP contribution in [-0.4, -0.2) is 15.6 Å². The molecule has 1 aromatic carbocycles. The Morgan fingerprint density at radius 1 is 1.21 bits per heavy atom. The van der Waals surface area contributed by atoms with Gasteiger partial charge in [-0.05, 0) is 34.1 Å². The first kappa shape index (κ1) is 11.9. The van der Waals surface area contributed by atoms with Gasteiger partial charge in [-0.1, -0.05) is 18.2 Å². The summed E-state index contributed by atoms with van der Waals surface area (Å²) in [7, 11) is 0. The highest BCUT2D eigenvalue weighted by Crippen LogP contribution is 2.21. The van der Waals surface area contributed by atoms with Crippen molar-refractivity contribution in [1.82, 2.24) is 9.78 Å². The van der Waals surface area contributed by atoms with Crippen molar-refractivity contribution in [2.75, 3.05) is 0 Å². The fourth-order valence-electron chi connectivity index (χ4n) is 1.75. The van der Waals surface area contributed by atoms with E-state index in [0.717, 1.165) is 5.69 Å². The van der Waals surface area contributed by atoms with Crippen LogP contribution >= 0.6 is 15.9 Å². The van der Waals surface area contributed by atoms with Gasteiger partial charge in [-0.15, -0.1) is 0 Å². The highest BCUT2D eigenvalue weighted by Gasteiger charge is 2.17. The molecular weight excluding hydrogens is 308 g/mol. The van der Waals surface area contributed by atoms with Crippen molar-refractivity contribution in [2.45, 2.75) is 0 Å². The molecule has 2 heterocycles. The number of carbonyl (C=O) groups is 1. The summed E-state index contributed by atoms with van der Waals surface area (Å²) in [5.74, 6) is 0.0895. The zero-order chi connectivity index (χ0) is 13.2. The van der Waals surface area contributed by atoms with Crippen LogP contribution in [0.2, 0.25) is 0 Å². The zero-order valence-electron chi connectivity index (χ0n) is 9.79. The maximum atomic E-state index is 12.2. The molecule has 5 heteroatoms. The monoisotopic (exact) mass is 316 g/mol. The van der Waals surface area contributed by atoms with Crippen LogP contribution in [0, 0.1) is 0 Å². The zero-order valence-corrected chi connectivity index (χ0v) is 11.4. The summed E-state index contributed by atoms with van der Waals surface area (Å²) in [6, 6.07) is 11.3. The number of para-hydroxylation sites is 1. The lowest BCUT2D eigenvalue weighted by molar-refractivity contribution is 0.101. The Labute approximate surface area is 117 Å². The number of carbonyl (C=O) groups excluding carboxylic acids is 1. The normalized spacial score (nSPS) is 10.6. The van der Waals surface area contributed by atoms with Gasteiger partial charge in [-0.2, -0.15) is 5.10 Å². The van der Waals surface area contributed by atoms with Gasteiger partial charge in [0.25, 0.3) is 0 Å². The number of rotatable bonds is 3. The molecule has 0 atom stereocenters. The topological polar surface area (TPSA) is 48.0 Å². The third kappa shape index (κ3) is 2.24. The Kier molecular flexibility index (Phi) is 3.05. The van der Waals surface area contributed by atoms with Gasteiger partial charge in [0.05, 0.1) is 28.2 Å². The molecule has 0 spiro atoms. The van der Waals surface area contributed by atoms with Crippen LogP contribution in [0.5, 0.6) is 0 Å². The second-order valence-corrected chi connectivity index (χ2v) is 4.79. The van der Waals surface area contributed by atoms with Gasteiger partial charge in [-0.3, -0.25) is 4.79 Å². The maximum absolute atomic E-state index is 12.2. The standard InChI is InChI=1S/C14H9BrN2O2/c15-12-6-7-19-14(12)13(18)10-8-16-17(9-10)11-4-2-1-3-5-11/h1-9H. The van der Waals surface area contributed by atoms with Gasteiger partial charge in [0.1, 0.15) is 0 Å². The first-order chi connectivity index (χ1) is 9.25. The molecule has 0 aliphatic carbocycles. The van der Waals surface area contributed by atoms with Crippen molar-refractivity contribution in [2.24, 2.45) is 0 Å². The van der Waals surface area contributed by atoms with Crippen LogP contribution in [0.3, 0.4) is 0 Å². The van der Waals surface area contributed by atoms with Crippen molar-refractivity contribution in [3.05, 3.63) is 70.9 Å². The van der Waals surface area contributed by atoms with E-state index in [2.05, 4.69) is 21.0 Å². The average molecular weight is 317 g/mol. The average Bonchev–Trinajstić information content (AvgIpc) is 3.08. The molecule has 4 nitrogen and oxygen atoms in total. The molecule has 0 N–H and O–H groups in total. The van der Waals surface area contributed by atoms with Crippen molar-refractivity contribution < 1.29 is 9.21 Å². The van der Waals surface area contributed by atoms with E-state index in [1.807, 2.05) is 30.3 Å². The summed E-state index contributed by atoms with van der Waals surface area (Å²) in [5, 5.41) is 4.19. The van der Waals surface area contributed by atoms with Crippen LogP contribution < -0.4 is 0 Å². The van der Waals surface area contributed by atoms with Gasteiger partial charge in [0.15, 0.2) is 5.76 Å². The summed E-state index contributed by atoms with van der Waals surface area (Å²) in [4.78, 5) is 12.2. The number of aromatic nitrogens is 2. The maximum Gasteiger partial charge on any atom is 0.232 e. The number of furan rings is 1.